The van der Waals surface area contributed by atoms with Crippen LogP contribution in [0.2, 0.25) is 0 Å². The Morgan fingerprint density at radius 2 is 2.21 bits per heavy atom. The molecule has 3 rings (SSSR count). The predicted octanol–water partition coefficient (Wildman–Crippen LogP) is 2.50. The van der Waals surface area contributed by atoms with Crippen LogP contribution in [0.5, 0.6) is 0 Å². The van der Waals surface area contributed by atoms with E-state index in [-0.39, 0.29) is 6.04 Å². The van der Waals surface area contributed by atoms with Gasteiger partial charge >= 0.3 is 0 Å². The molecule has 0 radical (unpaired) electrons. The molecule has 19 heavy (non-hydrogen) atoms. The summed E-state index contributed by atoms with van der Waals surface area (Å²) in [5, 5.41) is 0. The number of rotatable bonds is 5. The van der Waals surface area contributed by atoms with Crippen LogP contribution in [0.4, 0.5) is 0 Å². The van der Waals surface area contributed by atoms with Gasteiger partial charge in [-0.1, -0.05) is 25.7 Å². The summed E-state index contributed by atoms with van der Waals surface area (Å²) < 4.78 is 7.71. The molecule has 2 atom stereocenters. The maximum atomic E-state index is 6.39. The molecule has 1 aliphatic carbocycles. The van der Waals surface area contributed by atoms with Crippen LogP contribution < -0.4 is 5.73 Å². The van der Waals surface area contributed by atoms with Crippen LogP contribution in [0, 0.1) is 11.8 Å². The van der Waals surface area contributed by atoms with E-state index in [1.807, 2.05) is 12.5 Å². The zero-order chi connectivity index (χ0) is 13.1. The lowest BCUT2D eigenvalue weighted by molar-refractivity contribution is 0.180. The van der Waals surface area contributed by atoms with Crippen LogP contribution in [0.25, 0.3) is 0 Å². The number of imidazole rings is 1. The number of nitrogens with two attached hydrogens (primary N) is 1. The van der Waals surface area contributed by atoms with Crippen molar-refractivity contribution in [3.63, 3.8) is 0 Å². The Morgan fingerprint density at radius 1 is 1.37 bits per heavy atom. The zero-order valence-corrected chi connectivity index (χ0v) is 11.6. The molecule has 2 aliphatic rings. The Bertz CT molecular complexity index is 392. The second-order valence-electron chi connectivity index (χ2n) is 6.10. The molecule has 1 aliphatic heterocycles. The van der Waals surface area contributed by atoms with E-state index >= 15 is 0 Å². The van der Waals surface area contributed by atoms with Gasteiger partial charge in [-0.25, -0.2) is 4.98 Å². The molecule has 2 heterocycles. The van der Waals surface area contributed by atoms with E-state index in [0.717, 1.165) is 32.1 Å². The second-order valence-corrected chi connectivity index (χ2v) is 6.10. The van der Waals surface area contributed by atoms with Crippen molar-refractivity contribution in [3.05, 3.63) is 18.2 Å². The van der Waals surface area contributed by atoms with Gasteiger partial charge in [-0.3, -0.25) is 0 Å². The number of nitrogens with zero attached hydrogens (tertiary/aromatic N) is 2. The highest BCUT2D eigenvalue weighted by atomic mass is 16.5. The number of hydrogen-bond acceptors (Lipinski definition) is 3. The smallest absolute Gasteiger partial charge is 0.0948 e. The molecule has 0 aromatic carbocycles. The lowest BCUT2D eigenvalue weighted by Gasteiger charge is -2.20. The molecule has 1 aromatic rings. The van der Waals surface area contributed by atoms with Crippen molar-refractivity contribution in [3.8, 4) is 0 Å². The first-order valence-corrected chi connectivity index (χ1v) is 7.68. The summed E-state index contributed by atoms with van der Waals surface area (Å²) in [7, 11) is 0. The van der Waals surface area contributed by atoms with Gasteiger partial charge in [0, 0.05) is 25.3 Å². The molecule has 2 unspecified atom stereocenters. The van der Waals surface area contributed by atoms with Gasteiger partial charge in [0.2, 0.25) is 0 Å². The fourth-order valence-corrected chi connectivity index (χ4v) is 3.49. The third-order valence-corrected chi connectivity index (χ3v) is 4.81. The van der Waals surface area contributed by atoms with Gasteiger partial charge in [0.15, 0.2) is 0 Å². The largest absolute Gasteiger partial charge is 0.381 e. The van der Waals surface area contributed by atoms with Gasteiger partial charge in [-0.15, -0.1) is 0 Å². The molecule has 2 fully saturated rings. The molecule has 106 valence electrons. The van der Waals surface area contributed by atoms with E-state index in [1.54, 1.807) is 0 Å². The molecule has 0 bridgehead atoms. The third kappa shape index (κ3) is 3.00. The predicted molar refractivity (Wildman–Crippen MR) is 74.7 cm³/mol. The SMILES string of the molecule is NC(c1cncn1CCC1CCCC1)C1CCOC1. The van der Waals surface area contributed by atoms with E-state index in [4.69, 9.17) is 10.5 Å². The highest BCUT2D eigenvalue weighted by molar-refractivity contribution is 5.07. The molecule has 1 saturated carbocycles. The summed E-state index contributed by atoms with van der Waals surface area (Å²) in [5.41, 5.74) is 7.58. The average molecular weight is 263 g/mol. The molecule has 2 N–H and O–H groups in total. The van der Waals surface area contributed by atoms with E-state index in [1.165, 1.54) is 37.8 Å². The van der Waals surface area contributed by atoms with Crippen LogP contribution in [0.1, 0.15) is 50.3 Å². The minimum absolute atomic E-state index is 0.0774. The highest BCUT2D eigenvalue weighted by Crippen LogP contribution is 2.30. The van der Waals surface area contributed by atoms with Gasteiger partial charge in [0.25, 0.3) is 0 Å². The quantitative estimate of drug-likeness (QED) is 0.888. The summed E-state index contributed by atoms with van der Waals surface area (Å²) in [6, 6.07) is 0.0774. The summed E-state index contributed by atoms with van der Waals surface area (Å²) in [6.07, 6.45) is 11.9. The van der Waals surface area contributed by atoms with Gasteiger partial charge < -0.3 is 15.0 Å². The minimum atomic E-state index is 0.0774. The zero-order valence-electron chi connectivity index (χ0n) is 11.6. The van der Waals surface area contributed by atoms with Gasteiger partial charge in [0.05, 0.1) is 24.7 Å². The second kappa shape index (κ2) is 6.06. The van der Waals surface area contributed by atoms with Crippen LogP contribution in [-0.2, 0) is 11.3 Å². The Labute approximate surface area is 115 Å². The van der Waals surface area contributed by atoms with Gasteiger partial charge in [0.1, 0.15) is 0 Å². The number of aryl methyl sites for hydroxylation is 1. The van der Waals surface area contributed by atoms with E-state index < -0.39 is 0 Å². The normalized spacial score (nSPS) is 26.1. The monoisotopic (exact) mass is 263 g/mol. The average Bonchev–Trinajstić information content (AvgIpc) is 3.16. The maximum absolute atomic E-state index is 6.39. The molecule has 4 nitrogen and oxygen atoms in total. The Hall–Kier alpha value is -0.870. The minimum Gasteiger partial charge on any atom is -0.381 e. The van der Waals surface area contributed by atoms with Crippen molar-refractivity contribution < 1.29 is 4.74 Å². The van der Waals surface area contributed by atoms with Crippen LogP contribution in [-0.4, -0.2) is 22.8 Å². The number of hydrogen-bond donors (Lipinski definition) is 1. The molecule has 4 heteroatoms. The number of ether oxygens (including phenoxy) is 1. The highest BCUT2D eigenvalue weighted by Gasteiger charge is 2.26. The lowest BCUT2D eigenvalue weighted by Crippen LogP contribution is -2.24. The van der Waals surface area contributed by atoms with Crippen LogP contribution >= 0.6 is 0 Å². The van der Waals surface area contributed by atoms with Crippen LogP contribution in [0.3, 0.4) is 0 Å². The van der Waals surface area contributed by atoms with Crippen molar-refractivity contribution in [1.82, 2.24) is 9.55 Å². The van der Waals surface area contributed by atoms with E-state index in [9.17, 15) is 0 Å². The van der Waals surface area contributed by atoms with Crippen molar-refractivity contribution in [1.29, 1.82) is 0 Å². The van der Waals surface area contributed by atoms with E-state index in [2.05, 4.69) is 9.55 Å². The topological polar surface area (TPSA) is 53.1 Å². The third-order valence-electron chi connectivity index (χ3n) is 4.81. The first kappa shape index (κ1) is 13.1. The first-order valence-electron chi connectivity index (χ1n) is 7.68. The van der Waals surface area contributed by atoms with Crippen molar-refractivity contribution in [2.45, 2.75) is 51.1 Å². The lowest BCUT2D eigenvalue weighted by atomic mass is 9.97. The van der Waals surface area contributed by atoms with Crippen molar-refractivity contribution >= 4 is 0 Å². The standard InChI is InChI=1S/C15H25N3O/c16-15(13-6-8-19-10-13)14-9-17-11-18(14)7-5-12-3-1-2-4-12/h9,11-13,15H,1-8,10,16H2. The fourth-order valence-electron chi connectivity index (χ4n) is 3.49. The van der Waals surface area contributed by atoms with Gasteiger partial charge in [-0.05, 0) is 18.8 Å². The summed E-state index contributed by atoms with van der Waals surface area (Å²) in [6.45, 7) is 2.73. The molecular weight excluding hydrogens is 238 g/mol. The maximum Gasteiger partial charge on any atom is 0.0948 e. The Balaban J connectivity index is 1.60. The number of aromatic nitrogens is 2. The molecule has 0 amide bonds. The summed E-state index contributed by atoms with van der Waals surface area (Å²) in [5.74, 6) is 1.38. The van der Waals surface area contributed by atoms with Crippen LogP contribution in [0.15, 0.2) is 12.5 Å². The first-order chi connectivity index (χ1) is 9.34. The van der Waals surface area contributed by atoms with Crippen molar-refractivity contribution in [2.75, 3.05) is 13.2 Å². The molecule has 1 saturated heterocycles. The van der Waals surface area contributed by atoms with E-state index in [0.29, 0.717) is 5.92 Å². The molecule has 0 spiro atoms. The summed E-state index contributed by atoms with van der Waals surface area (Å²) >= 11 is 0. The Morgan fingerprint density at radius 3 is 2.95 bits per heavy atom. The molecular formula is C15H25N3O. The molecule has 1 aromatic heterocycles. The summed E-state index contributed by atoms with van der Waals surface area (Å²) in [4.78, 5) is 4.30. The Kier molecular flexibility index (Phi) is 4.18. The van der Waals surface area contributed by atoms with Gasteiger partial charge in [-0.2, -0.15) is 0 Å². The van der Waals surface area contributed by atoms with Crippen molar-refractivity contribution in [2.24, 2.45) is 17.6 Å². The fraction of sp³-hybridized carbons (Fsp3) is 0.800.